The molecule has 1 heterocycles. The number of hydrogen-bond donors (Lipinski definition) is 1. The topological polar surface area (TPSA) is 128 Å². The largest absolute Gasteiger partial charge is 0.493 e. The Bertz CT molecular complexity index is 1950. The van der Waals surface area contributed by atoms with Crippen LogP contribution in [0.3, 0.4) is 0 Å². The monoisotopic (exact) mass is 758 g/mol. The minimum atomic E-state index is -4.19. The first-order valence-corrected chi connectivity index (χ1v) is 16.1. The molecule has 0 aliphatic carbocycles. The molecule has 0 bridgehead atoms. The van der Waals surface area contributed by atoms with E-state index in [-0.39, 0.29) is 34.3 Å². The summed E-state index contributed by atoms with van der Waals surface area (Å²) in [4.78, 5) is 39.7. The van der Waals surface area contributed by atoms with Crippen LogP contribution in [-0.2, 0) is 26.3 Å². The summed E-state index contributed by atoms with van der Waals surface area (Å²) in [5.74, 6) is -1.28. The van der Waals surface area contributed by atoms with Gasteiger partial charge in [0.2, 0.25) is 0 Å². The Morgan fingerprint density at radius 3 is 2.31 bits per heavy atom. The van der Waals surface area contributed by atoms with E-state index in [2.05, 4.69) is 5.32 Å². The molecule has 4 amide bonds. The van der Waals surface area contributed by atoms with E-state index < -0.39 is 28.0 Å². The van der Waals surface area contributed by atoms with Crippen molar-refractivity contribution in [2.45, 2.75) is 18.4 Å². The lowest BCUT2D eigenvalue weighted by Gasteiger charge is -2.26. The molecule has 1 fully saturated rings. The van der Waals surface area contributed by atoms with E-state index >= 15 is 0 Å². The fraction of sp³-hybridized carbons (Fsp3) is 0.0938. The maximum Gasteiger partial charge on any atom is 0.339 e. The van der Waals surface area contributed by atoms with Gasteiger partial charge in [-0.15, -0.1) is 0 Å². The lowest BCUT2D eigenvalue weighted by Crippen LogP contribution is -2.54. The number of benzene rings is 4. The minimum Gasteiger partial charge on any atom is -0.493 e. The smallest absolute Gasteiger partial charge is 0.339 e. The number of amides is 4. The number of methoxy groups -OCH3 is 1. The van der Waals surface area contributed by atoms with Crippen molar-refractivity contribution >= 4 is 73.9 Å². The summed E-state index contributed by atoms with van der Waals surface area (Å²) in [6, 6.07) is 21.6. The molecule has 5 rings (SSSR count). The Morgan fingerprint density at radius 2 is 1.64 bits per heavy atom. The number of rotatable bonds is 9. The second-order valence-electron chi connectivity index (χ2n) is 9.72. The van der Waals surface area contributed by atoms with Crippen molar-refractivity contribution in [2.75, 3.05) is 12.0 Å². The second-order valence-corrected chi connectivity index (χ2v) is 12.8. The predicted molar refractivity (Wildman–Crippen MR) is 176 cm³/mol. The van der Waals surface area contributed by atoms with Gasteiger partial charge < -0.3 is 13.7 Å². The van der Waals surface area contributed by atoms with Crippen LogP contribution in [-0.4, -0.2) is 33.4 Å². The maximum atomic E-state index is 13.5. The van der Waals surface area contributed by atoms with Gasteiger partial charge in [0.05, 0.1) is 16.4 Å². The zero-order chi connectivity index (χ0) is 32.3. The molecule has 0 spiro atoms. The fourth-order valence-corrected chi connectivity index (χ4v) is 6.33. The number of nitrogens with one attached hydrogen (secondary N) is 1. The molecule has 10 nitrogen and oxygen atoms in total. The molecule has 1 saturated heterocycles. The summed E-state index contributed by atoms with van der Waals surface area (Å²) in [6.07, 6.45) is 1.28. The predicted octanol–water partition coefficient (Wildman–Crippen LogP) is 6.27. The molecule has 1 N–H and O–H groups in total. The summed E-state index contributed by atoms with van der Waals surface area (Å²) in [6.45, 7) is 2.05. The Morgan fingerprint density at radius 1 is 0.956 bits per heavy atom. The van der Waals surface area contributed by atoms with Gasteiger partial charge in [0.15, 0.2) is 11.5 Å². The van der Waals surface area contributed by atoms with Gasteiger partial charge in [-0.05, 0) is 95.8 Å². The Balaban J connectivity index is 1.38. The van der Waals surface area contributed by atoms with E-state index in [1.165, 1.54) is 49.6 Å². The number of nitrogens with zero attached hydrogens (tertiary/aromatic N) is 1. The van der Waals surface area contributed by atoms with Crippen LogP contribution in [0.4, 0.5) is 10.5 Å². The van der Waals surface area contributed by atoms with Crippen LogP contribution in [0, 0.1) is 10.5 Å². The zero-order valence-electron chi connectivity index (χ0n) is 23.7. The average molecular weight is 759 g/mol. The SMILES string of the molecule is COc1cc(/C=C2\C(=O)NC(=O)N(c3ccc(OCc4ccccc4Cl)cc3)C2=O)cc(I)c1OS(=O)(=O)c1ccc(C)cc1. The first kappa shape index (κ1) is 32.0. The summed E-state index contributed by atoms with van der Waals surface area (Å²) < 4.78 is 42.7. The van der Waals surface area contributed by atoms with Crippen LogP contribution in [0.2, 0.25) is 5.02 Å². The Labute approximate surface area is 277 Å². The van der Waals surface area contributed by atoms with Crippen LogP contribution in [0.1, 0.15) is 16.7 Å². The third-order valence-electron chi connectivity index (χ3n) is 6.61. The van der Waals surface area contributed by atoms with Gasteiger partial charge in [0, 0.05) is 10.6 Å². The fourth-order valence-electron chi connectivity index (χ4n) is 4.29. The van der Waals surface area contributed by atoms with Crippen molar-refractivity contribution in [1.29, 1.82) is 0 Å². The van der Waals surface area contributed by atoms with Crippen molar-refractivity contribution in [2.24, 2.45) is 0 Å². The van der Waals surface area contributed by atoms with Crippen LogP contribution in [0.15, 0.2) is 95.4 Å². The van der Waals surface area contributed by atoms with Crippen LogP contribution in [0.5, 0.6) is 17.2 Å². The second kappa shape index (κ2) is 13.3. The molecular weight excluding hydrogens is 735 g/mol. The highest BCUT2D eigenvalue weighted by Gasteiger charge is 2.37. The van der Waals surface area contributed by atoms with Gasteiger partial charge in [-0.1, -0.05) is 47.5 Å². The van der Waals surface area contributed by atoms with E-state index in [0.717, 1.165) is 16.0 Å². The van der Waals surface area contributed by atoms with Crippen LogP contribution >= 0.6 is 34.2 Å². The van der Waals surface area contributed by atoms with Gasteiger partial charge in [0.1, 0.15) is 22.8 Å². The van der Waals surface area contributed by atoms with E-state index in [1.807, 2.05) is 47.7 Å². The lowest BCUT2D eigenvalue weighted by atomic mass is 10.1. The molecule has 0 aromatic heterocycles. The number of urea groups is 1. The van der Waals surface area contributed by atoms with Crippen LogP contribution in [0.25, 0.3) is 6.08 Å². The maximum absolute atomic E-state index is 13.5. The van der Waals surface area contributed by atoms with Crippen molar-refractivity contribution in [1.82, 2.24) is 5.32 Å². The normalized spacial score (nSPS) is 14.4. The summed E-state index contributed by atoms with van der Waals surface area (Å²) in [7, 11) is -2.86. The molecule has 13 heteroatoms. The number of anilines is 1. The molecule has 4 aromatic rings. The highest BCUT2D eigenvalue weighted by atomic mass is 127. The third kappa shape index (κ3) is 7.13. The number of imide groups is 2. The summed E-state index contributed by atoms with van der Waals surface area (Å²) >= 11 is 8.05. The highest BCUT2D eigenvalue weighted by Crippen LogP contribution is 2.37. The molecule has 4 aromatic carbocycles. The van der Waals surface area contributed by atoms with E-state index in [0.29, 0.717) is 19.9 Å². The molecule has 0 unspecified atom stereocenters. The van der Waals surface area contributed by atoms with Gasteiger partial charge in [-0.25, -0.2) is 9.69 Å². The summed E-state index contributed by atoms with van der Waals surface area (Å²) in [5.41, 5.74) is 1.88. The number of ether oxygens (including phenoxy) is 2. The molecule has 0 radical (unpaired) electrons. The zero-order valence-corrected chi connectivity index (χ0v) is 27.5. The van der Waals surface area contributed by atoms with Gasteiger partial charge >= 0.3 is 16.1 Å². The Kier molecular flexibility index (Phi) is 9.46. The Hall–Kier alpha value is -4.40. The first-order valence-electron chi connectivity index (χ1n) is 13.2. The van der Waals surface area contributed by atoms with Crippen LogP contribution < -0.4 is 23.9 Å². The molecule has 230 valence electrons. The summed E-state index contributed by atoms with van der Waals surface area (Å²) in [5, 5.41) is 2.74. The number of aryl methyl sites for hydroxylation is 1. The quantitative estimate of drug-likeness (QED) is 0.0916. The molecule has 45 heavy (non-hydrogen) atoms. The van der Waals surface area contributed by atoms with Gasteiger partial charge in [-0.2, -0.15) is 8.42 Å². The number of halogens is 2. The molecule has 1 aliphatic heterocycles. The average Bonchev–Trinajstić information content (AvgIpc) is 3.00. The molecule has 0 saturated carbocycles. The van der Waals surface area contributed by atoms with E-state index in [9.17, 15) is 22.8 Å². The van der Waals surface area contributed by atoms with E-state index in [4.69, 9.17) is 25.3 Å². The van der Waals surface area contributed by atoms with Crippen molar-refractivity contribution in [3.05, 3.63) is 116 Å². The standard InChI is InChI=1S/C32H24ClIN2O8S/c1-19-7-13-24(14-8-19)45(40,41)44-29-27(34)16-20(17-28(29)42-2)15-25-30(37)35-32(39)36(31(25)38)22-9-11-23(12-10-22)43-18-21-5-3-4-6-26(21)33/h3-17H,18H2,1-2H3,(H,35,37,39)/b25-15+. The van der Waals surface area contributed by atoms with Crippen molar-refractivity contribution in [3.63, 3.8) is 0 Å². The lowest BCUT2D eigenvalue weighted by molar-refractivity contribution is -0.122. The molecular formula is C32H24ClIN2O8S. The van der Waals surface area contributed by atoms with E-state index in [1.54, 1.807) is 30.3 Å². The van der Waals surface area contributed by atoms with Crippen molar-refractivity contribution in [3.8, 4) is 17.2 Å². The molecule has 0 atom stereocenters. The highest BCUT2D eigenvalue weighted by molar-refractivity contribution is 14.1. The number of hydrogen-bond acceptors (Lipinski definition) is 8. The molecule has 1 aliphatic rings. The number of carbonyl (C=O) groups is 3. The van der Waals surface area contributed by atoms with Gasteiger partial charge in [-0.3, -0.25) is 14.9 Å². The minimum absolute atomic E-state index is 0.0356. The van der Waals surface area contributed by atoms with Gasteiger partial charge in [0.25, 0.3) is 11.8 Å². The first-order chi connectivity index (χ1) is 21.5. The number of carbonyl (C=O) groups excluding carboxylic acids is 3. The van der Waals surface area contributed by atoms with Crippen molar-refractivity contribution < 1.29 is 36.5 Å². The third-order valence-corrected chi connectivity index (χ3v) is 9.02. The number of barbiturate groups is 1.